The Bertz CT molecular complexity index is 1840. The molecule has 3 rings (SSSR count). The molecule has 0 radical (unpaired) electrons. The molecule has 19 atom stereocenters. The molecule has 2 fully saturated rings. The van der Waals surface area contributed by atoms with Crippen LogP contribution in [0.1, 0.15) is 79.1 Å². The summed E-state index contributed by atoms with van der Waals surface area (Å²) in [5, 5.41) is 118. The Kier molecular flexibility index (Phi) is 25.5. The third-order valence-electron chi connectivity index (χ3n) is 12.4. The second kappa shape index (κ2) is 29.8. The number of ether oxygens (including phenoxy) is 4. The molecule has 21 nitrogen and oxygen atoms in total. The molecule has 69 heavy (non-hydrogen) atoms. The molecule has 0 aromatic heterocycles. The zero-order chi connectivity index (χ0) is 51.3. The number of hydrogen-bond acceptors (Lipinski definition) is 17. The van der Waals surface area contributed by atoms with Gasteiger partial charge in [0.25, 0.3) is 0 Å². The van der Waals surface area contributed by atoms with E-state index in [9.17, 15) is 60.7 Å². The Labute approximate surface area is 403 Å². The van der Waals surface area contributed by atoms with E-state index in [0.29, 0.717) is 0 Å². The number of azide groups is 1. The van der Waals surface area contributed by atoms with Gasteiger partial charge in [-0.2, -0.15) is 0 Å². The van der Waals surface area contributed by atoms with Gasteiger partial charge in [-0.05, 0) is 38.6 Å². The first-order valence-corrected chi connectivity index (χ1v) is 23.4. The van der Waals surface area contributed by atoms with Crippen LogP contribution in [0, 0.1) is 11.8 Å². The smallest absolute Gasteiger partial charge is 0.314 e. The molecule has 0 aromatic rings. The monoisotopic (exact) mass is 978 g/mol. The molecule has 0 saturated carbocycles. The second-order valence-electron chi connectivity index (χ2n) is 18.1. The number of nitrogens with one attached hydrogen (secondary N) is 2. The van der Waals surface area contributed by atoms with E-state index < -0.39 is 147 Å². The van der Waals surface area contributed by atoms with E-state index in [1.54, 1.807) is 80.7 Å². The fraction of sp³-hybridized carbons (Fsp3) is 0.667. The molecule has 2 saturated heterocycles. The summed E-state index contributed by atoms with van der Waals surface area (Å²) in [7, 11) is 1.35. The van der Waals surface area contributed by atoms with Crippen molar-refractivity contribution in [2.24, 2.45) is 17.0 Å². The number of carbonyl (C=O) groups excluding carboxylic acids is 2. The third kappa shape index (κ3) is 20.2. The van der Waals surface area contributed by atoms with Crippen molar-refractivity contribution in [3.05, 3.63) is 95.5 Å². The van der Waals surface area contributed by atoms with E-state index in [-0.39, 0.29) is 31.6 Å². The number of rotatable bonds is 4. The molecule has 2 amide bonds. The molecule has 0 aromatic carbocycles. The lowest BCUT2D eigenvalue weighted by Gasteiger charge is -2.46. The summed E-state index contributed by atoms with van der Waals surface area (Å²) < 4.78 is 23.6. The minimum absolute atomic E-state index is 0.104. The first kappa shape index (κ1) is 59.0. The highest BCUT2D eigenvalue weighted by Crippen LogP contribution is 2.35. The van der Waals surface area contributed by atoms with Crippen LogP contribution in [-0.2, 0) is 23.7 Å². The van der Waals surface area contributed by atoms with Crippen LogP contribution in [0.3, 0.4) is 0 Å². The summed E-state index contributed by atoms with van der Waals surface area (Å²) in [4.78, 5) is 28.0. The van der Waals surface area contributed by atoms with Gasteiger partial charge in [-0.25, -0.2) is 4.79 Å². The van der Waals surface area contributed by atoms with Crippen LogP contribution in [0.25, 0.3) is 10.4 Å². The Morgan fingerprint density at radius 3 is 1.91 bits per heavy atom. The Hall–Kier alpha value is -4.29. The minimum Gasteiger partial charge on any atom is -0.462 e. The van der Waals surface area contributed by atoms with Crippen LogP contribution in [0.5, 0.6) is 0 Å². The SMILES string of the molecule is CNC(=O)N[C@H]1C2C[C@@H](O[C@@H]3O[C@H](C)[C@@H](O)[C@H](N=[N+]=[N-])[C@@H]3O)/C=C/C=C/C=C/C=C/C=C/C=C/C=C/[C@H](C)[C@@H](O)[C@@H](C)[C@H](C)OC(=O)C[C@H](O)C[C@H](O)CC[C@@H](O)[C@H](O)C[C@H](O)C[C@](O)(C[C@@H]1O)O2. The zero-order valence-electron chi connectivity index (χ0n) is 39.9. The molecular formula is C48H75N5O16. The van der Waals surface area contributed by atoms with E-state index in [1.165, 1.54) is 14.0 Å². The second-order valence-corrected chi connectivity index (χ2v) is 18.1. The van der Waals surface area contributed by atoms with E-state index in [0.717, 1.165) is 0 Å². The molecule has 1 unspecified atom stereocenters. The van der Waals surface area contributed by atoms with Crippen LogP contribution in [0.15, 0.2) is 90.2 Å². The lowest BCUT2D eigenvalue weighted by molar-refractivity contribution is -0.302. The number of carbonyl (C=O) groups is 2. The molecular weight excluding hydrogens is 903 g/mol. The molecule has 388 valence electrons. The van der Waals surface area contributed by atoms with Gasteiger partial charge >= 0.3 is 12.0 Å². The minimum atomic E-state index is -2.27. The first-order chi connectivity index (χ1) is 32.7. The highest BCUT2D eigenvalue weighted by molar-refractivity contribution is 5.74. The Balaban J connectivity index is 1.92. The highest BCUT2D eigenvalue weighted by atomic mass is 16.7. The molecule has 3 aliphatic heterocycles. The summed E-state index contributed by atoms with van der Waals surface area (Å²) in [5.74, 6) is -3.74. The van der Waals surface area contributed by atoms with Gasteiger partial charge in [0.05, 0.1) is 85.6 Å². The highest BCUT2D eigenvalue weighted by Gasteiger charge is 2.49. The van der Waals surface area contributed by atoms with Gasteiger partial charge in [0.2, 0.25) is 0 Å². The number of amides is 2. The summed E-state index contributed by atoms with van der Waals surface area (Å²) in [6.45, 7) is 6.71. The van der Waals surface area contributed by atoms with Crippen LogP contribution >= 0.6 is 0 Å². The number of aliphatic hydroxyl groups excluding tert-OH is 9. The summed E-state index contributed by atoms with van der Waals surface area (Å²) in [6, 6.07) is -3.22. The van der Waals surface area contributed by atoms with Crippen LogP contribution in [0.2, 0.25) is 0 Å². The molecule has 0 spiro atoms. The summed E-state index contributed by atoms with van der Waals surface area (Å²) in [5.41, 5.74) is 9.12. The first-order valence-electron chi connectivity index (χ1n) is 23.4. The quantitative estimate of drug-likeness (QED) is 0.0825. The average molecular weight is 978 g/mol. The van der Waals surface area contributed by atoms with Gasteiger partial charge < -0.3 is 80.6 Å². The van der Waals surface area contributed by atoms with Gasteiger partial charge in [-0.1, -0.05) is 104 Å². The molecule has 0 aliphatic carbocycles. The number of hydrogen-bond donors (Lipinski definition) is 12. The van der Waals surface area contributed by atoms with E-state index >= 15 is 0 Å². The van der Waals surface area contributed by atoms with Gasteiger partial charge in [0, 0.05) is 49.5 Å². The van der Waals surface area contributed by atoms with Gasteiger partial charge in [-0.3, -0.25) is 4.79 Å². The van der Waals surface area contributed by atoms with E-state index in [4.69, 9.17) is 24.5 Å². The predicted molar refractivity (Wildman–Crippen MR) is 252 cm³/mol. The van der Waals surface area contributed by atoms with Crippen molar-refractivity contribution in [1.29, 1.82) is 0 Å². The fourth-order valence-corrected chi connectivity index (χ4v) is 8.20. The zero-order valence-corrected chi connectivity index (χ0v) is 39.9. The molecule has 3 aliphatic rings. The molecule has 3 heterocycles. The van der Waals surface area contributed by atoms with Crippen molar-refractivity contribution in [3.8, 4) is 0 Å². The van der Waals surface area contributed by atoms with Crippen molar-refractivity contribution < 1.29 is 79.6 Å². The summed E-state index contributed by atoms with van der Waals surface area (Å²) >= 11 is 0. The van der Waals surface area contributed by atoms with Gasteiger partial charge in [0.1, 0.15) is 12.2 Å². The number of esters is 1. The van der Waals surface area contributed by atoms with Crippen LogP contribution in [-0.4, -0.2) is 174 Å². The number of urea groups is 1. The number of nitrogens with zero attached hydrogens (tertiary/aromatic N) is 3. The van der Waals surface area contributed by atoms with Crippen molar-refractivity contribution in [3.63, 3.8) is 0 Å². The summed E-state index contributed by atoms with van der Waals surface area (Å²) in [6.07, 6.45) is 3.80. The van der Waals surface area contributed by atoms with Crippen LogP contribution in [0.4, 0.5) is 4.79 Å². The van der Waals surface area contributed by atoms with Gasteiger partial charge in [-0.15, -0.1) is 0 Å². The average Bonchev–Trinajstić information content (AvgIpc) is 3.28. The standard InChI is InChI=1S/C48H75N5O16/c1-28-18-16-14-12-10-8-6-7-9-11-13-15-17-19-35(68-46-45(63)42(52-53-49)44(62)31(4)67-46)25-39-41(51-47(64)50-5)38(59)27-48(65,69-39)26-34(56)23-37(58)36(57)21-20-32(54)22-33(55)24-40(60)66-30(3)29(2)43(28)61/h6-19,28-39,41-46,54-59,61-63,65H,20-27H2,1-5H3,(H2,50,51,64)/b7-6+,10-8+,11-9+,14-12+,15-13+,18-16+,19-17+/t28-,29-,30-,31+,32+,33+,34-,35-,36+,37+,38-,39?,41+,42-,43+,44+,45-,46-,48+/m0/s1. The number of aliphatic hydroxyl groups is 10. The van der Waals surface area contributed by atoms with E-state index in [1.807, 2.05) is 25.2 Å². The topological polar surface area (TPSA) is 346 Å². The maximum atomic E-state index is 12.7. The van der Waals surface area contributed by atoms with Crippen molar-refractivity contribution in [2.75, 3.05) is 7.05 Å². The molecule has 2 bridgehead atoms. The van der Waals surface area contributed by atoms with Gasteiger partial charge in [0.15, 0.2) is 12.1 Å². The Morgan fingerprint density at radius 2 is 1.32 bits per heavy atom. The predicted octanol–water partition coefficient (Wildman–Crippen LogP) is 1.66. The van der Waals surface area contributed by atoms with Crippen molar-refractivity contribution in [2.45, 2.75) is 183 Å². The Morgan fingerprint density at radius 1 is 0.725 bits per heavy atom. The van der Waals surface area contributed by atoms with Crippen LogP contribution < -0.4 is 10.6 Å². The third-order valence-corrected chi connectivity index (χ3v) is 12.4. The number of fused-ring (bicyclic) bond motifs is 2. The van der Waals surface area contributed by atoms with Crippen molar-refractivity contribution >= 4 is 12.0 Å². The van der Waals surface area contributed by atoms with E-state index in [2.05, 4.69) is 20.7 Å². The lowest BCUT2D eigenvalue weighted by Crippen LogP contribution is -2.63. The maximum absolute atomic E-state index is 12.7. The van der Waals surface area contributed by atoms with Crippen molar-refractivity contribution in [1.82, 2.24) is 10.6 Å². The fourth-order valence-electron chi connectivity index (χ4n) is 8.20. The largest absolute Gasteiger partial charge is 0.462 e. The maximum Gasteiger partial charge on any atom is 0.314 e. The molecule has 12 N–H and O–H groups in total. The lowest BCUT2D eigenvalue weighted by atomic mass is 9.87. The number of allylic oxidation sites excluding steroid dienone is 12. The normalized spacial score (nSPS) is 43.3. The molecule has 21 heteroatoms. The number of cyclic esters (lactones) is 1.